The van der Waals surface area contributed by atoms with Crippen LogP contribution >= 0.6 is 0 Å². The van der Waals surface area contributed by atoms with Gasteiger partial charge in [0.15, 0.2) is 0 Å². The van der Waals surface area contributed by atoms with Gasteiger partial charge in [0.05, 0.1) is 18.9 Å². The van der Waals surface area contributed by atoms with Crippen LogP contribution in [0.15, 0.2) is 41.5 Å². The lowest BCUT2D eigenvalue weighted by Gasteiger charge is -2.13. The number of ether oxygens (including phenoxy) is 1. The molecule has 1 aliphatic heterocycles. The summed E-state index contributed by atoms with van der Waals surface area (Å²) in [6.07, 6.45) is 3.40. The van der Waals surface area contributed by atoms with E-state index in [0.717, 1.165) is 11.3 Å². The third-order valence-electron chi connectivity index (χ3n) is 4.91. The van der Waals surface area contributed by atoms with Crippen molar-refractivity contribution in [3.63, 3.8) is 0 Å². The van der Waals surface area contributed by atoms with Crippen LogP contribution in [0.2, 0.25) is 0 Å². The number of aliphatic hydroxyl groups excluding tert-OH is 1. The number of hydrogen-bond acceptors (Lipinski definition) is 5. The van der Waals surface area contributed by atoms with Crippen LogP contribution < -0.4 is 10.3 Å². The molecule has 1 saturated heterocycles. The molecule has 1 atom stereocenters. The van der Waals surface area contributed by atoms with E-state index in [9.17, 15) is 14.7 Å². The average molecular weight is 368 g/mol. The Balaban J connectivity index is 1.76. The van der Waals surface area contributed by atoms with Crippen LogP contribution in [-0.2, 0) is 7.05 Å². The molecule has 1 fully saturated rings. The van der Waals surface area contributed by atoms with E-state index in [1.807, 2.05) is 24.3 Å². The number of fused-ring (bicyclic) bond motifs is 1. The van der Waals surface area contributed by atoms with Crippen molar-refractivity contribution in [2.45, 2.75) is 12.5 Å². The average Bonchev–Trinajstić information content (AvgIpc) is 3.31. The van der Waals surface area contributed by atoms with Gasteiger partial charge >= 0.3 is 0 Å². The maximum atomic E-state index is 12.7. The van der Waals surface area contributed by atoms with Gasteiger partial charge in [-0.3, -0.25) is 14.0 Å². The zero-order chi connectivity index (χ0) is 19.1. The molecule has 0 saturated carbocycles. The number of methoxy groups -OCH3 is 1. The van der Waals surface area contributed by atoms with Crippen LogP contribution in [0.5, 0.6) is 5.75 Å². The molecular formula is C19H20N4O4. The molecule has 3 aromatic rings. The summed E-state index contributed by atoms with van der Waals surface area (Å²) >= 11 is 0. The van der Waals surface area contributed by atoms with Crippen LogP contribution in [0.4, 0.5) is 0 Å². The standard InChI is InChI=1S/C19H20N4O4/c1-21-16(12-3-5-14(27-2)6-4-12)11-23-10-15(20-17(23)19(21)26)18(25)22-8-7-13(24)9-22/h3-6,10-11,13,24H,7-9H2,1-2H3/t13-/m1/s1. The summed E-state index contributed by atoms with van der Waals surface area (Å²) in [6.45, 7) is 0.783. The molecule has 8 nitrogen and oxygen atoms in total. The molecule has 0 unspecified atom stereocenters. The minimum absolute atomic E-state index is 0.192. The monoisotopic (exact) mass is 368 g/mol. The number of imidazole rings is 1. The van der Waals surface area contributed by atoms with Gasteiger partial charge in [-0.05, 0) is 30.7 Å². The zero-order valence-electron chi connectivity index (χ0n) is 15.1. The van der Waals surface area contributed by atoms with Crippen molar-refractivity contribution in [2.24, 2.45) is 7.05 Å². The second kappa shape index (κ2) is 6.55. The van der Waals surface area contributed by atoms with Gasteiger partial charge < -0.3 is 19.3 Å². The fourth-order valence-electron chi connectivity index (χ4n) is 3.35. The summed E-state index contributed by atoms with van der Waals surface area (Å²) in [6, 6.07) is 7.39. The molecule has 0 radical (unpaired) electrons. The van der Waals surface area contributed by atoms with Gasteiger partial charge in [-0.25, -0.2) is 4.98 Å². The second-order valence-electron chi connectivity index (χ2n) is 6.66. The first kappa shape index (κ1) is 17.3. The van der Waals surface area contributed by atoms with Gasteiger partial charge in [-0.1, -0.05) is 0 Å². The van der Waals surface area contributed by atoms with Gasteiger partial charge in [-0.15, -0.1) is 0 Å². The number of rotatable bonds is 3. The largest absolute Gasteiger partial charge is 0.497 e. The molecule has 140 valence electrons. The molecule has 3 heterocycles. The molecule has 2 aromatic heterocycles. The number of benzene rings is 1. The normalized spacial score (nSPS) is 16.9. The highest BCUT2D eigenvalue weighted by Crippen LogP contribution is 2.22. The molecular weight excluding hydrogens is 348 g/mol. The lowest BCUT2D eigenvalue weighted by Crippen LogP contribution is -2.29. The maximum absolute atomic E-state index is 12.7. The Morgan fingerprint density at radius 3 is 2.63 bits per heavy atom. The Morgan fingerprint density at radius 1 is 1.26 bits per heavy atom. The molecule has 0 spiro atoms. The van der Waals surface area contributed by atoms with Crippen molar-refractivity contribution in [3.8, 4) is 17.0 Å². The topological polar surface area (TPSA) is 89.1 Å². The van der Waals surface area contributed by atoms with Crippen molar-refractivity contribution >= 4 is 11.6 Å². The quantitative estimate of drug-likeness (QED) is 0.742. The van der Waals surface area contributed by atoms with E-state index in [0.29, 0.717) is 25.2 Å². The molecule has 27 heavy (non-hydrogen) atoms. The van der Waals surface area contributed by atoms with Crippen LogP contribution in [0.3, 0.4) is 0 Å². The minimum atomic E-state index is -0.500. The highest BCUT2D eigenvalue weighted by atomic mass is 16.5. The fraction of sp³-hybridized carbons (Fsp3) is 0.316. The third-order valence-corrected chi connectivity index (χ3v) is 4.91. The first-order valence-corrected chi connectivity index (χ1v) is 8.68. The predicted octanol–water partition coefficient (Wildman–Crippen LogP) is 0.915. The van der Waals surface area contributed by atoms with E-state index in [-0.39, 0.29) is 22.8 Å². The van der Waals surface area contributed by atoms with Crippen LogP contribution in [-0.4, -0.2) is 56.2 Å². The van der Waals surface area contributed by atoms with Crippen molar-refractivity contribution in [3.05, 3.63) is 52.7 Å². The minimum Gasteiger partial charge on any atom is -0.497 e. The number of carbonyl (C=O) groups is 1. The summed E-state index contributed by atoms with van der Waals surface area (Å²) < 4.78 is 8.27. The number of carbonyl (C=O) groups excluding carboxylic acids is 1. The Kier molecular flexibility index (Phi) is 4.19. The van der Waals surface area contributed by atoms with Crippen LogP contribution in [0, 0.1) is 0 Å². The van der Waals surface area contributed by atoms with E-state index < -0.39 is 6.10 Å². The molecule has 0 bridgehead atoms. The van der Waals surface area contributed by atoms with E-state index in [1.54, 1.807) is 35.9 Å². The lowest BCUT2D eigenvalue weighted by molar-refractivity contribution is 0.0760. The maximum Gasteiger partial charge on any atom is 0.294 e. The van der Waals surface area contributed by atoms with Gasteiger partial charge in [0.1, 0.15) is 11.4 Å². The number of hydrogen-bond donors (Lipinski definition) is 1. The molecule has 4 rings (SSSR count). The first-order chi connectivity index (χ1) is 13.0. The molecule has 1 amide bonds. The SMILES string of the molecule is COc1ccc(-c2cn3cc(C(=O)N4CC[C@@H](O)C4)nc3c(=O)n2C)cc1. The fourth-order valence-corrected chi connectivity index (χ4v) is 3.35. The number of likely N-dealkylation sites (tertiary alicyclic amines) is 1. The highest BCUT2D eigenvalue weighted by Gasteiger charge is 2.27. The summed E-state index contributed by atoms with van der Waals surface area (Å²) in [5.74, 6) is 0.455. The number of β-amino-alcohol motifs (C(OH)–C–C–N with tert-alkyl or cyclic N) is 1. The summed E-state index contributed by atoms with van der Waals surface area (Å²) in [5.41, 5.74) is 1.65. The Hall–Kier alpha value is -3.13. The van der Waals surface area contributed by atoms with E-state index in [2.05, 4.69) is 4.98 Å². The van der Waals surface area contributed by atoms with Crippen molar-refractivity contribution < 1.29 is 14.6 Å². The smallest absolute Gasteiger partial charge is 0.294 e. The predicted molar refractivity (Wildman–Crippen MR) is 98.9 cm³/mol. The van der Waals surface area contributed by atoms with Gasteiger partial charge in [-0.2, -0.15) is 0 Å². The summed E-state index contributed by atoms with van der Waals surface area (Å²) in [4.78, 5) is 31.1. The molecule has 8 heteroatoms. The van der Waals surface area contributed by atoms with Gasteiger partial charge in [0, 0.05) is 38.1 Å². The molecule has 1 aromatic carbocycles. The summed E-state index contributed by atoms with van der Waals surface area (Å²) in [7, 11) is 3.27. The second-order valence-corrected chi connectivity index (χ2v) is 6.66. The van der Waals surface area contributed by atoms with E-state index in [4.69, 9.17) is 4.74 Å². The number of amides is 1. The number of nitrogens with zero attached hydrogens (tertiary/aromatic N) is 4. The Labute approximate surface area is 155 Å². The van der Waals surface area contributed by atoms with Gasteiger partial charge in [0.2, 0.25) is 5.65 Å². The third kappa shape index (κ3) is 2.97. The van der Waals surface area contributed by atoms with E-state index >= 15 is 0 Å². The van der Waals surface area contributed by atoms with Crippen molar-refractivity contribution in [1.82, 2.24) is 18.9 Å². The Morgan fingerprint density at radius 2 is 2.00 bits per heavy atom. The Bertz CT molecular complexity index is 1070. The van der Waals surface area contributed by atoms with E-state index in [1.165, 1.54) is 4.57 Å². The highest BCUT2D eigenvalue weighted by molar-refractivity contribution is 5.93. The molecule has 1 aliphatic rings. The first-order valence-electron chi connectivity index (χ1n) is 8.68. The lowest BCUT2D eigenvalue weighted by atomic mass is 10.1. The van der Waals surface area contributed by atoms with Crippen molar-refractivity contribution in [2.75, 3.05) is 20.2 Å². The molecule has 0 aliphatic carbocycles. The van der Waals surface area contributed by atoms with Crippen LogP contribution in [0.1, 0.15) is 16.9 Å². The number of aromatic nitrogens is 3. The van der Waals surface area contributed by atoms with Gasteiger partial charge in [0.25, 0.3) is 11.5 Å². The number of aliphatic hydroxyl groups is 1. The van der Waals surface area contributed by atoms with Crippen LogP contribution in [0.25, 0.3) is 16.9 Å². The van der Waals surface area contributed by atoms with Crippen molar-refractivity contribution in [1.29, 1.82) is 0 Å². The molecule has 1 N–H and O–H groups in total. The zero-order valence-corrected chi connectivity index (χ0v) is 15.1. The summed E-state index contributed by atoms with van der Waals surface area (Å²) in [5, 5.41) is 9.63.